The summed E-state index contributed by atoms with van der Waals surface area (Å²) in [7, 11) is 0. The van der Waals surface area contributed by atoms with E-state index in [0.717, 1.165) is 18.7 Å². The lowest BCUT2D eigenvalue weighted by atomic mass is 9.86. The zero-order valence-electron chi connectivity index (χ0n) is 11.1. The van der Waals surface area contributed by atoms with E-state index in [2.05, 4.69) is 4.90 Å². The monoisotopic (exact) mass is 269 g/mol. The molecule has 0 fully saturated rings. The number of benzene rings is 1. The Morgan fingerprint density at radius 3 is 2.17 bits per heavy atom. The lowest BCUT2D eigenvalue weighted by Crippen LogP contribution is -2.45. The Balaban J connectivity index is 3.18. The van der Waals surface area contributed by atoms with Gasteiger partial charge in [0.1, 0.15) is 0 Å². The van der Waals surface area contributed by atoms with Crippen molar-refractivity contribution in [2.45, 2.75) is 32.7 Å². The first-order chi connectivity index (χ1) is 8.43. The van der Waals surface area contributed by atoms with E-state index in [0.29, 0.717) is 5.02 Å². The van der Waals surface area contributed by atoms with Crippen LogP contribution < -0.4 is 0 Å². The van der Waals surface area contributed by atoms with Crippen LogP contribution in [0.15, 0.2) is 24.3 Å². The van der Waals surface area contributed by atoms with Gasteiger partial charge in [0.15, 0.2) is 0 Å². The minimum absolute atomic E-state index is 0.0797. The molecule has 0 radical (unpaired) electrons. The highest BCUT2D eigenvalue weighted by molar-refractivity contribution is 6.30. The number of carboxylic acids is 1. The molecule has 1 rings (SSSR count). The molecule has 0 aliphatic carbocycles. The Morgan fingerprint density at radius 2 is 1.78 bits per heavy atom. The zero-order chi connectivity index (χ0) is 13.8. The highest BCUT2D eigenvalue weighted by atomic mass is 35.5. The van der Waals surface area contributed by atoms with Crippen LogP contribution in [0.25, 0.3) is 0 Å². The van der Waals surface area contributed by atoms with Crippen molar-refractivity contribution >= 4 is 17.6 Å². The van der Waals surface area contributed by atoms with E-state index in [-0.39, 0.29) is 6.42 Å². The van der Waals surface area contributed by atoms with Gasteiger partial charge in [-0.2, -0.15) is 0 Å². The van der Waals surface area contributed by atoms with E-state index in [1.54, 1.807) is 12.1 Å². The van der Waals surface area contributed by atoms with E-state index < -0.39 is 11.5 Å². The summed E-state index contributed by atoms with van der Waals surface area (Å²) in [6, 6.07) is 7.42. The lowest BCUT2D eigenvalue weighted by molar-refractivity contribution is -0.140. The van der Waals surface area contributed by atoms with Crippen molar-refractivity contribution < 1.29 is 9.90 Å². The SMILES string of the molecule is CCN(CC)C(C)(CC(=O)O)c1ccc(Cl)cc1. The molecule has 100 valence electrons. The topological polar surface area (TPSA) is 40.5 Å². The molecule has 0 aliphatic rings. The third-order valence-electron chi connectivity index (χ3n) is 3.42. The smallest absolute Gasteiger partial charge is 0.305 e. The second kappa shape index (κ2) is 6.21. The summed E-state index contributed by atoms with van der Waals surface area (Å²) < 4.78 is 0. The van der Waals surface area contributed by atoms with E-state index in [9.17, 15) is 4.79 Å². The van der Waals surface area contributed by atoms with Gasteiger partial charge in [-0.3, -0.25) is 9.69 Å². The summed E-state index contributed by atoms with van der Waals surface area (Å²) in [6.45, 7) is 7.67. The van der Waals surface area contributed by atoms with Crippen LogP contribution in [-0.2, 0) is 10.3 Å². The predicted octanol–water partition coefficient (Wildman–Crippen LogP) is 3.37. The lowest BCUT2D eigenvalue weighted by Gasteiger charge is -2.40. The zero-order valence-corrected chi connectivity index (χ0v) is 11.9. The van der Waals surface area contributed by atoms with Crippen LogP contribution in [0.2, 0.25) is 5.02 Å². The van der Waals surface area contributed by atoms with Crippen LogP contribution in [-0.4, -0.2) is 29.1 Å². The number of hydrogen-bond acceptors (Lipinski definition) is 2. The van der Waals surface area contributed by atoms with E-state index in [1.807, 2.05) is 32.9 Å². The van der Waals surface area contributed by atoms with Crippen molar-refractivity contribution in [1.82, 2.24) is 4.90 Å². The van der Waals surface area contributed by atoms with Crippen LogP contribution in [0.3, 0.4) is 0 Å². The van der Waals surface area contributed by atoms with Crippen LogP contribution in [0.5, 0.6) is 0 Å². The summed E-state index contributed by atoms with van der Waals surface area (Å²) in [6.07, 6.45) is 0.0797. The molecular formula is C14H20ClNO2. The fraction of sp³-hybridized carbons (Fsp3) is 0.500. The van der Waals surface area contributed by atoms with Crippen LogP contribution >= 0.6 is 11.6 Å². The molecule has 3 nitrogen and oxygen atoms in total. The summed E-state index contributed by atoms with van der Waals surface area (Å²) in [4.78, 5) is 13.3. The van der Waals surface area contributed by atoms with Crippen molar-refractivity contribution in [3.63, 3.8) is 0 Å². The average molecular weight is 270 g/mol. The minimum atomic E-state index is -0.792. The Kier molecular flexibility index (Phi) is 5.17. The van der Waals surface area contributed by atoms with E-state index >= 15 is 0 Å². The van der Waals surface area contributed by atoms with Gasteiger partial charge in [-0.05, 0) is 37.7 Å². The van der Waals surface area contributed by atoms with E-state index in [4.69, 9.17) is 16.7 Å². The second-order valence-corrected chi connectivity index (χ2v) is 4.96. The van der Waals surface area contributed by atoms with E-state index in [1.165, 1.54) is 0 Å². The maximum atomic E-state index is 11.1. The minimum Gasteiger partial charge on any atom is -0.481 e. The highest BCUT2D eigenvalue weighted by Gasteiger charge is 2.34. The Labute approximate surface area is 113 Å². The average Bonchev–Trinajstić information content (AvgIpc) is 2.30. The first-order valence-corrected chi connectivity index (χ1v) is 6.54. The summed E-state index contributed by atoms with van der Waals surface area (Å²) in [5.41, 5.74) is 0.484. The maximum Gasteiger partial charge on any atom is 0.305 e. The molecule has 1 N–H and O–H groups in total. The molecule has 0 spiro atoms. The first-order valence-electron chi connectivity index (χ1n) is 6.17. The molecule has 4 heteroatoms. The normalized spacial score (nSPS) is 14.5. The number of carboxylic acid groups (broad SMARTS) is 1. The van der Waals surface area contributed by atoms with Gasteiger partial charge in [0.2, 0.25) is 0 Å². The number of hydrogen-bond donors (Lipinski definition) is 1. The molecule has 1 atom stereocenters. The van der Waals surface area contributed by atoms with Crippen molar-refractivity contribution in [2.75, 3.05) is 13.1 Å². The van der Waals surface area contributed by atoms with Gasteiger partial charge in [-0.25, -0.2) is 0 Å². The Hall–Kier alpha value is -1.06. The molecule has 0 heterocycles. The molecule has 0 aliphatic heterocycles. The summed E-state index contributed by atoms with van der Waals surface area (Å²) >= 11 is 5.88. The molecule has 0 aromatic heterocycles. The molecule has 0 saturated heterocycles. The molecular weight excluding hydrogens is 250 g/mol. The molecule has 1 aromatic carbocycles. The molecule has 1 aromatic rings. The van der Waals surface area contributed by atoms with Crippen molar-refractivity contribution in [3.8, 4) is 0 Å². The molecule has 18 heavy (non-hydrogen) atoms. The molecule has 0 bridgehead atoms. The fourth-order valence-electron chi connectivity index (χ4n) is 2.42. The quantitative estimate of drug-likeness (QED) is 0.861. The predicted molar refractivity (Wildman–Crippen MR) is 74.0 cm³/mol. The second-order valence-electron chi connectivity index (χ2n) is 4.52. The van der Waals surface area contributed by atoms with Gasteiger partial charge in [0.25, 0.3) is 0 Å². The summed E-state index contributed by atoms with van der Waals surface area (Å²) in [5.74, 6) is -0.792. The Bertz CT molecular complexity index is 401. The van der Waals surface area contributed by atoms with Gasteiger partial charge in [-0.15, -0.1) is 0 Å². The fourth-order valence-corrected chi connectivity index (χ4v) is 2.55. The van der Waals surface area contributed by atoms with Crippen molar-refractivity contribution in [1.29, 1.82) is 0 Å². The third-order valence-corrected chi connectivity index (χ3v) is 3.67. The van der Waals surface area contributed by atoms with Gasteiger partial charge >= 0.3 is 5.97 Å². The van der Waals surface area contributed by atoms with Gasteiger partial charge in [0.05, 0.1) is 12.0 Å². The van der Waals surface area contributed by atoms with Crippen molar-refractivity contribution in [3.05, 3.63) is 34.9 Å². The number of rotatable bonds is 6. The van der Waals surface area contributed by atoms with Crippen LogP contribution in [0, 0.1) is 0 Å². The van der Waals surface area contributed by atoms with Gasteiger partial charge in [0, 0.05) is 5.02 Å². The van der Waals surface area contributed by atoms with Crippen LogP contribution in [0.4, 0.5) is 0 Å². The summed E-state index contributed by atoms with van der Waals surface area (Å²) in [5, 5.41) is 9.82. The standard InChI is InChI=1S/C14H20ClNO2/c1-4-16(5-2)14(3,10-13(17)18)11-6-8-12(15)9-7-11/h6-9H,4-5,10H2,1-3H3,(H,17,18). The number of carbonyl (C=O) groups is 1. The molecule has 1 unspecified atom stereocenters. The maximum absolute atomic E-state index is 11.1. The van der Waals surface area contributed by atoms with Crippen molar-refractivity contribution in [2.24, 2.45) is 0 Å². The van der Waals surface area contributed by atoms with Gasteiger partial charge < -0.3 is 5.11 Å². The number of nitrogens with zero attached hydrogens (tertiary/aromatic N) is 1. The highest BCUT2D eigenvalue weighted by Crippen LogP contribution is 2.32. The first kappa shape index (κ1) is 15.0. The number of halogens is 1. The molecule has 0 saturated carbocycles. The number of aliphatic carboxylic acids is 1. The van der Waals surface area contributed by atoms with Gasteiger partial charge in [-0.1, -0.05) is 37.6 Å². The van der Waals surface area contributed by atoms with Crippen LogP contribution in [0.1, 0.15) is 32.8 Å². The largest absolute Gasteiger partial charge is 0.481 e. The Morgan fingerprint density at radius 1 is 1.28 bits per heavy atom. The third kappa shape index (κ3) is 3.24. The molecule has 0 amide bonds.